The van der Waals surface area contributed by atoms with E-state index in [4.69, 9.17) is 16.6 Å². The first kappa shape index (κ1) is 20.4. The van der Waals surface area contributed by atoms with Gasteiger partial charge in [-0.05, 0) is 43.7 Å². The monoisotopic (exact) mass is 397 g/mol. The second-order valence-electron chi connectivity index (χ2n) is 7.23. The normalized spacial score (nSPS) is 12.2. The molecule has 1 atom stereocenters. The van der Waals surface area contributed by atoms with Crippen LogP contribution in [0, 0.1) is 0 Å². The number of carbonyl (C=O) groups is 1. The maximum absolute atomic E-state index is 12.6. The molecule has 0 radical (unpaired) electrons. The molecule has 148 valence electrons. The number of hydrogen-bond acceptors (Lipinski definition) is 2. The van der Waals surface area contributed by atoms with E-state index in [1.807, 2.05) is 25.1 Å². The van der Waals surface area contributed by atoms with Gasteiger partial charge in [0.2, 0.25) is 0 Å². The highest BCUT2D eigenvalue weighted by atomic mass is 35.5. The van der Waals surface area contributed by atoms with Crippen LogP contribution in [0.15, 0.2) is 48.5 Å². The van der Waals surface area contributed by atoms with Crippen molar-refractivity contribution >= 4 is 28.5 Å². The van der Waals surface area contributed by atoms with Crippen LogP contribution < -0.4 is 5.32 Å². The minimum atomic E-state index is -0.200. The molecule has 1 heterocycles. The summed E-state index contributed by atoms with van der Waals surface area (Å²) in [5.74, 6) is 0.753. The van der Waals surface area contributed by atoms with E-state index in [0.717, 1.165) is 29.8 Å². The van der Waals surface area contributed by atoms with Crippen LogP contribution in [0.2, 0.25) is 5.02 Å². The molecule has 2 aromatic carbocycles. The van der Waals surface area contributed by atoms with Crippen LogP contribution in [0.25, 0.3) is 11.0 Å². The summed E-state index contributed by atoms with van der Waals surface area (Å²) in [6, 6.07) is 15.0. The third kappa shape index (κ3) is 4.93. The van der Waals surface area contributed by atoms with Crippen molar-refractivity contribution in [2.24, 2.45) is 0 Å². The van der Waals surface area contributed by atoms with Gasteiger partial charge in [0.15, 0.2) is 0 Å². The summed E-state index contributed by atoms with van der Waals surface area (Å²) in [7, 11) is 0. The van der Waals surface area contributed by atoms with Gasteiger partial charge in [-0.25, -0.2) is 4.98 Å². The number of nitrogens with one attached hydrogen (secondary N) is 1. The summed E-state index contributed by atoms with van der Waals surface area (Å²) in [6.07, 6.45) is 6.11. The molecule has 0 bridgehead atoms. The van der Waals surface area contributed by atoms with Gasteiger partial charge in [-0.1, -0.05) is 62.4 Å². The molecule has 0 aliphatic heterocycles. The van der Waals surface area contributed by atoms with Gasteiger partial charge in [0, 0.05) is 17.1 Å². The minimum Gasteiger partial charge on any atom is -0.342 e. The molecule has 3 aromatic rings. The zero-order valence-electron chi connectivity index (χ0n) is 16.6. The van der Waals surface area contributed by atoms with E-state index >= 15 is 0 Å². The first-order chi connectivity index (χ1) is 13.6. The Labute approximate surface area is 171 Å². The Morgan fingerprint density at radius 2 is 1.89 bits per heavy atom. The van der Waals surface area contributed by atoms with Crippen molar-refractivity contribution in [1.82, 2.24) is 14.9 Å². The molecule has 0 spiro atoms. The Kier molecular flexibility index (Phi) is 7.10. The molecule has 3 rings (SSSR count). The Hall–Kier alpha value is -2.33. The number of benzene rings is 2. The van der Waals surface area contributed by atoms with Crippen molar-refractivity contribution in [1.29, 1.82) is 0 Å². The maximum atomic E-state index is 12.6. The first-order valence-electron chi connectivity index (χ1n) is 10.1. The van der Waals surface area contributed by atoms with E-state index in [1.165, 1.54) is 25.7 Å². The maximum Gasteiger partial charge on any atom is 0.251 e. The van der Waals surface area contributed by atoms with E-state index in [-0.39, 0.29) is 11.9 Å². The highest BCUT2D eigenvalue weighted by molar-refractivity contribution is 6.30. The third-order valence-corrected chi connectivity index (χ3v) is 5.23. The van der Waals surface area contributed by atoms with Crippen LogP contribution in [0.4, 0.5) is 0 Å². The summed E-state index contributed by atoms with van der Waals surface area (Å²) in [5.41, 5.74) is 2.65. The lowest BCUT2D eigenvalue weighted by molar-refractivity contribution is 0.0937. The molecule has 1 aromatic heterocycles. The largest absolute Gasteiger partial charge is 0.342 e. The van der Waals surface area contributed by atoms with Crippen molar-refractivity contribution in [2.75, 3.05) is 0 Å². The van der Waals surface area contributed by atoms with Crippen molar-refractivity contribution in [3.8, 4) is 0 Å². The summed E-state index contributed by atoms with van der Waals surface area (Å²) >= 11 is 6.02. The van der Waals surface area contributed by atoms with Gasteiger partial charge in [-0.3, -0.25) is 4.79 Å². The van der Waals surface area contributed by atoms with Crippen molar-refractivity contribution in [2.45, 2.75) is 58.5 Å². The number of amides is 1. The average Bonchev–Trinajstić information content (AvgIpc) is 3.06. The summed E-state index contributed by atoms with van der Waals surface area (Å²) < 4.78 is 2.25. The predicted octanol–water partition coefficient (Wildman–Crippen LogP) is 6.15. The molecule has 4 nitrogen and oxygen atoms in total. The predicted molar refractivity (Wildman–Crippen MR) is 116 cm³/mol. The number of imidazole rings is 1. The molecule has 28 heavy (non-hydrogen) atoms. The lowest BCUT2D eigenvalue weighted by Crippen LogP contribution is -2.28. The van der Waals surface area contributed by atoms with Crippen LogP contribution in [0.1, 0.15) is 68.2 Å². The topological polar surface area (TPSA) is 46.9 Å². The van der Waals surface area contributed by atoms with Crippen molar-refractivity contribution in [3.63, 3.8) is 0 Å². The van der Waals surface area contributed by atoms with Crippen LogP contribution in [0.5, 0.6) is 0 Å². The number of rotatable bonds is 9. The van der Waals surface area contributed by atoms with E-state index in [1.54, 1.807) is 24.3 Å². The molecule has 0 fully saturated rings. The summed E-state index contributed by atoms with van der Waals surface area (Å²) in [4.78, 5) is 17.4. The van der Waals surface area contributed by atoms with Gasteiger partial charge in [0.25, 0.3) is 5.91 Å². The molecule has 1 N–H and O–H groups in total. The van der Waals surface area contributed by atoms with Gasteiger partial charge >= 0.3 is 0 Å². The Morgan fingerprint density at radius 1 is 1.11 bits per heavy atom. The molecule has 5 heteroatoms. The third-order valence-electron chi connectivity index (χ3n) is 4.99. The fourth-order valence-corrected chi connectivity index (χ4v) is 3.70. The zero-order valence-corrected chi connectivity index (χ0v) is 17.4. The summed E-state index contributed by atoms with van der Waals surface area (Å²) in [6.45, 7) is 5.12. The number of aryl methyl sites for hydroxylation is 1. The number of nitrogens with zero attached hydrogens (tertiary/aromatic N) is 2. The fourth-order valence-electron chi connectivity index (χ4n) is 3.51. The van der Waals surface area contributed by atoms with E-state index in [2.05, 4.69) is 22.9 Å². The second-order valence-corrected chi connectivity index (χ2v) is 7.67. The van der Waals surface area contributed by atoms with Crippen LogP contribution in [-0.2, 0) is 6.54 Å². The Bertz CT molecular complexity index is 934. The van der Waals surface area contributed by atoms with Crippen molar-refractivity contribution in [3.05, 3.63) is 64.9 Å². The highest BCUT2D eigenvalue weighted by Crippen LogP contribution is 2.22. The SMILES string of the molecule is CCCCCCCn1c(C(C)NC(=O)c2cccc(Cl)c2)nc2ccccc21. The molecule has 1 amide bonds. The molecule has 0 saturated heterocycles. The number of para-hydroxylation sites is 2. The van der Waals surface area contributed by atoms with Crippen molar-refractivity contribution < 1.29 is 4.79 Å². The van der Waals surface area contributed by atoms with Gasteiger partial charge in [-0.2, -0.15) is 0 Å². The van der Waals surface area contributed by atoms with Crippen LogP contribution in [0.3, 0.4) is 0 Å². The summed E-state index contributed by atoms with van der Waals surface area (Å²) in [5, 5.41) is 3.63. The average molecular weight is 398 g/mol. The molecule has 1 unspecified atom stereocenters. The second kappa shape index (κ2) is 9.74. The zero-order chi connectivity index (χ0) is 19.9. The van der Waals surface area contributed by atoms with E-state index < -0.39 is 0 Å². The number of carbonyl (C=O) groups excluding carboxylic acids is 1. The highest BCUT2D eigenvalue weighted by Gasteiger charge is 2.19. The van der Waals surface area contributed by atoms with Gasteiger partial charge < -0.3 is 9.88 Å². The van der Waals surface area contributed by atoms with Gasteiger partial charge in [0.1, 0.15) is 5.82 Å². The Balaban J connectivity index is 1.78. The fraction of sp³-hybridized carbons (Fsp3) is 0.391. The number of halogens is 1. The number of unbranched alkanes of at least 4 members (excludes halogenated alkanes) is 4. The Morgan fingerprint density at radius 3 is 2.68 bits per heavy atom. The van der Waals surface area contributed by atoms with Crippen LogP contribution >= 0.6 is 11.6 Å². The molecular formula is C23H28ClN3O. The quantitative estimate of drug-likeness (QED) is 0.440. The molecular weight excluding hydrogens is 370 g/mol. The smallest absolute Gasteiger partial charge is 0.251 e. The molecule has 0 saturated carbocycles. The van der Waals surface area contributed by atoms with E-state index in [0.29, 0.717) is 10.6 Å². The van der Waals surface area contributed by atoms with Crippen LogP contribution in [-0.4, -0.2) is 15.5 Å². The van der Waals surface area contributed by atoms with Gasteiger partial charge in [0.05, 0.1) is 17.1 Å². The standard InChI is InChI=1S/C23H28ClN3O/c1-3-4-5-6-9-15-27-21-14-8-7-13-20(21)26-22(27)17(2)25-23(28)18-11-10-12-19(24)16-18/h7-8,10-14,16-17H,3-6,9,15H2,1-2H3,(H,25,28). The number of hydrogen-bond donors (Lipinski definition) is 1. The minimum absolute atomic E-state index is 0.142. The first-order valence-corrected chi connectivity index (χ1v) is 10.5. The lowest BCUT2D eigenvalue weighted by Gasteiger charge is -2.16. The van der Waals surface area contributed by atoms with E-state index in [9.17, 15) is 4.79 Å². The number of fused-ring (bicyclic) bond motifs is 1. The lowest BCUT2D eigenvalue weighted by atomic mass is 10.1. The molecule has 0 aliphatic rings. The number of aromatic nitrogens is 2. The molecule has 0 aliphatic carbocycles. The van der Waals surface area contributed by atoms with Gasteiger partial charge in [-0.15, -0.1) is 0 Å².